The van der Waals surface area contributed by atoms with Gasteiger partial charge in [0.25, 0.3) is 0 Å². The molecule has 1 saturated heterocycles. The Morgan fingerprint density at radius 2 is 1.81 bits per heavy atom. The molecule has 1 amide bonds. The Balaban J connectivity index is 1.45. The number of hydrogen-bond acceptors (Lipinski definition) is 3. The van der Waals surface area contributed by atoms with Crippen LogP contribution in [0.15, 0.2) is 18.2 Å². The number of nitrogens with one attached hydrogen (secondary N) is 1. The minimum absolute atomic E-state index is 0.107. The number of aryl methyl sites for hydroxylation is 2. The maximum absolute atomic E-state index is 12.5. The van der Waals surface area contributed by atoms with E-state index in [1.165, 1.54) is 30.4 Å². The lowest BCUT2D eigenvalue weighted by molar-refractivity contribution is -0.132. The molecule has 26 heavy (non-hydrogen) atoms. The molecular formula is C22H32N2O2. The van der Waals surface area contributed by atoms with E-state index in [0.29, 0.717) is 12.8 Å². The number of nitrogens with zero attached hydrogens (tertiary/aromatic N) is 1. The van der Waals surface area contributed by atoms with Gasteiger partial charge in [-0.05, 0) is 81.6 Å². The van der Waals surface area contributed by atoms with Gasteiger partial charge in [0.15, 0.2) is 5.78 Å². The fourth-order valence-electron chi connectivity index (χ4n) is 4.25. The molecule has 0 saturated carbocycles. The number of carbonyl (C=O) groups is 2. The van der Waals surface area contributed by atoms with E-state index in [9.17, 15) is 9.59 Å². The Bertz CT molecular complexity index is 633. The first-order valence-corrected chi connectivity index (χ1v) is 10.2. The molecule has 1 fully saturated rings. The largest absolute Gasteiger partial charge is 0.343 e. The van der Waals surface area contributed by atoms with Crippen LogP contribution in [0.3, 0.4) is 0 Å². The number of Topliss-reactive ketones (excluding diaryl/α,β-unsaturated/α-hetero) is 1. The average molecular weight is 357 g/mol. The van der Waals surface area contributed by atoms with E-state index >= 15 is 0 Å². The van der Waals surface area contributed by atoms with Crippen molar-refractivity contribution < 1.29 is 9.59 Å². The Morgan fingerprint density at radius 3 is 2.54 bits per heavy atom. The van der Waals surface area contributed by atoms with E-state index in [1.54, 1.807) is 0 Å². The minimum atomic E-state index is 0.107. The molecule has 1 heterocycles. The first kappa shape index (κ1) is 19.1. The maximum Gasteiger partial charge on any atom is 0.223 e. The summed E-state index contributed by atoms with van der Waals surface area (Å²) in [5.41, 5.74) is 3.51. The Kier molecular flexibility index (Phi) is 6.84. The fraction of sp³-hybridized carbons (Fsp3) is 0.636. The van der Waals surface area contributed by atoms with Crippen LogP contribution in [0.4, 0.5) is 0 Å². The summed E-state index contributed by atoms with van der Waals surface area (Å²) in [5.74, 6) is 0.975. The van der Waals surface area contributed by atoms with Crippen molar-refractivity contribution in [3.63, 3.8) is 0 Å². The van der Waals surface area contributed by atoms with Crippen LogP contribution in [0.5, 0.6) is 0 Å². The summed E-state index contributed by atoms with van der Waals surface area (Å²) in [6.45, 7) is 2.74. The van der Waals surface area contributed by atoms with E-state index in [0.717, 1.165) is 56.8 Å². The summed E-state index contributed by atoms with van der Waals surface area (Å²) in [7, 11) is 1.98. The second kappa shape index (κ2) is 9.31. The smallest absolute Gasteiger partial charge is 0.223 e. The van der Waals surface area contributed by atoms with E-state index in [2.05, 4.69) is 17.4 Å². The van der Waals surface area contributed by atoms with E-state index in [-0.39, 0.29) is 11.7 Å². The molecule has 0 aromatic heterocycles. The van der Waals surface area contributed by atoms with Gasteiger partial charge in [0, 0.05) is 31.5 Å². The van der Waals surface area contributed by atoms with Gasteiger partial charge in [0.2, 0.25) is 5.91 Å². The number of ketones is 1. The Morgan fingerprint density at radius 1 is 1.08 bits per heavy atom. The number of amides is 1. The predicted molar refractivity (Wildman–Crippen MR) is 104 cm³/mol. The van der Waals surface area contributed by atoms with Gasteiger partial charge in [0.05, 0.1) is 0 Å². The number of carbonyl (C=O) groups excluding carboxylic acids is 2. The summed E-state index contributed by atoms with van der Waals surface area (Å²) < 4.78 is 0. The van der Waals surface area contributed by atoms with Crippen LogP contribution < -0.4 is 5.32 Å². The van der Waals surface area contributed by atoms with Crippen LogP contribution in [0.2, 0.25) is 0 Å². The van der Waals surface area contributed by atoms with Gasteiger partial charge in [-0.2, -0.15) is 0 Å². The zero-order chi connectivity index (χ0) is 18.4. The molecular weight excluding hydrogens is 324 g/mol. The van der Waals surface area contributed by atoms with Crippen molar-refractivity contribution in [3.8, 4) is 0 Å². The van der Waals surface area contributed by atoms with Crippen molar-refractivity contribution in [2.24, 2.45) is 5.92 Å². The molecule has 0 unspecified atom stereocenters. The number of likely N-dealkylation sites (tertiary alicyclic amines) is 1. The second-order valence-electron chi connectivity index (χ2n) is 7.83. The van der Waals surface area contributed by atoms with Gasteiger partial charge in [0.1, 0.15) is 0 Å². The number of fused-ring (bicyclic) bond motifs is 1. The lowest BCUT2D eigenvalue weighted by Crippen LogP contribution is -2.39. The third-order valence-corrected chi connectivity index (χ3v) is 6.01. The lowest BCUT2D eigenvalue weighted by atomic mass is 9.89. The highest BCUT2D eigenvalue weighted by Crippen LogP contribution is 2.24. The minimum Gasteiger partial charge on any atom is -0.343 e. The van der Waals surface area contributed by atoms with Gasteiger partial charge in [-0.3, -0.25) is 9.59 Å². The Hall–Kier alpha value is -1.68. The zero-order valence-corrected chi connectivity index (χ0v) is 16.1. The van der Waals surface area contributed by atoms with Crippen molar-refractivity contribution in [1.29, 1.82) is 0 Å². The number of benzene rings is 1. The average Bonchev–Trinajstić information content (AvgIpc) is 2.70. The van der Waals surface area contributed by atoms with E-state index in [4.69, 9.17) is 0 Å². The van der Waals surface area contributed by atoms with Gasteiger partial charge in [-0.25, -0.2) is 0 Å². The highest BCUT2D eigenvalue weighted by atomic mass is 16.2. The van der Waals surface area contributed by atoms with Crippen LogP contribution in [0.25, 0.3) is 0 Å². The molecule has 0 radical (unpaired) electrons. The van der Waals surface area contributed by atoms with Crippen LogP contribution in [0.1, 0.15) is 66.4 Å². The molecule has 4 heteroatoms. The second-order valence-corrected chi connectivity index (χ2v) is 7.83. The molecule has 1 aromatic carbocycles. The summed E-state index contributed by atoms with van der Waals surface area (Å²) in [6, 6.07) is 6.12. The summed E-state index contributed by atoms with van der Waals surface area (Å²) in [5, 5.41) is 3.20. The lowest BCUT2D eigenvalue weighted by Gasteiger charge is -2.32. The number of rotatable bonds is 7. The van der Waals surface area contributed by atoms with E-state index < -0.39 is 0 Å². The normalized spacial score (nSPS) is 17.8. The van der Waals surface area contributed by atoms with Crippen molar-refractivity contribution in [3.05, 3.63) is 34.9 Å². The highest BCUT2D eigenvalue weighted by Gasteiger charge is 2.23. The number of hydrogen-bond donors (Lipinski definition) is 1. The molecule has 2 aliphatic rings. The van der Waals surface area contributed by atoms with Crippen LogP contribution >= 0.6 is 0 Å². The predicted octanol–water partition coefficient (Wildman–Crippen LogP) is 3.38. The third-order valence-electron chi connectivity index (χ3n) is 6.01. The topological polar surface area (TPSA) is 49.4 Å². The van der Waals surface area contributed by atoms with Gasteiger partial charge in [-0.1, -0.05) is 12.1 Å². The highest BCUT2D eigenvalue weighted by molar-refractivity contribution is 5.98. The van der Waals surface area contributed by atoms with Crippen molar-refractivity contribution in [2.75, 3.05) is 26.7 Å². The molecule has 4 nitrogen and oxygen atoms in total. The van der Waals surface area contributed by atoms with Gasteiger partial charge >= 0.3 is 0 Å². The molecule has 3 rings (SSSR count). The standard InChI is InChI=1S/C22H32N2O2/c1-23-13-10-17-11-14-24(15-12-17)22(26)9-8-21(25)20-7-6-18-4-2-3-5-19(18)16-20/h6-7,16-17,23H,2-5,8-15H2,1H3. The Labute approximate surface area is 157 Å². The SMILES string of the molecule is CNCCC1CCN(C(=O)CCC(=O)c2ccc3c(c2)CCCC3)CC1. The molecule has 0 spiro atoms. The summed E-state index contributed by atoms with van der Waals surface area (Å²) in [4.78, 5) is 26.9. The van der Waals surface area contributed by atoms with Crippen LogP contribution in [-0.4, -0.2) is 43.3 Å². The van der Waals surface area contributed by atoms with Gasteiger partial charge < -0.3 is 10.2 Å². The number of piperidine rings is 1. The summed E-state index contributed by atoms with van der Waals surface area (Å²) in [6.07, 6.45) is 8.72. The molecule has 1 aliphatic heterocycles. The summed E-state index contributed by atoms with van der Waals surface area (Å²) >= 11 is 0. The van der Waals surface area contributed by atoms with Crippen molar-refractivity contribution in [1.82, 2.24) is 10.2 Å². The molecule has 1 N–H and O–H groups in total. The fourth-order valence-corrected chi connectivity index (χ4v) is 4.25. The van der Waals surface area contributed by atoms with Crippen LogP contribution in [0, 0.1) is 5.92 Å². The molecule has 0 atom stereocenters. The zero-order valence-electron chi connectivity index (χ0n) is 16.1. The molecule has 0 bridgehead atoms. The quantitative estimate of drug-likeness (QED) is 0.762. The monoisotopic (exact) mass is 356 g/mol. The van der Waals surface area contributed by atoms with Gasteiger partial charge in [-0.15, -0.1) is 0 Å². The molecule has 1 aliphatic carbocycles. The van der Waals surface area contributed by atoms with Crippen molar-refractivity contribution in [2.45, 2.75) is 57.8 Å². The third kappa shape index (κ3) is 4.94. The molecule has 142 valence electrons. The first-order valence-electron chi connectivity index (χ1n) is 10.2. The van der Waals surface area contributed by atoms with E-state index in [1.807, 2.05) is 18.0 Å². The maximum atomic E-state index is 12.5. The first-order chi connectivity index (χ1) is 12.7. The van der Waals surface area contributed by atoms with Crippen LogP contribution in [-0.2, 0) is 17.6 Å². The molecule has 1 aromatic rings. The van der Waals surface area contributed by atoms with Crippen molar-refractivity contribution >= 4 is 11.7 Å².